The normalized spacial score (nSPS) is 13.6. The number of hydrogen-bond acceptors (Lipinski definition) is 2. The molecule has 0 aromatic heterocycles. The summed E-state index contributed by atoms with van der Waals surface area (Å²) in [5, 5.41) is 6.41. The van der Waals surface area contributed by atoms with Gasteiger partial charge in [0.1, 0.15) is 0 Å². The van der Waals surface area contributed by atoms with Crippen LogP contribution < -0.4 is 10.6 Å². The fourth-order valence-corrected chi connectivity index (χ4v) is 1.52. The second-order valence-electron chi connectivity index (χ2n) is 5.35. The number of carbonyl (C=O) groups excluding carboxylic acids is 1. The first-order chi connectivity index (χ1) is 7.41. The Morgan fingerprint density at radius 1 is 1.19 bits per heavy atom. The number of hydrogen-bond donors (Lipinski definition) is 2. The summed E-state index contributed by atoms with van der Waals surface area (Å²) < 4.78 is 0. The van der Waals surface area contributed by atoms with Crippen LogP contribution in [0.25, 0.3) is 0 Å². The van der Waals surface area contributed by atoms with E-state index in [0.29, 0.717) is 6.04 Å². The zero-order valence-corrected chi connectivity index (χ0v) is 11.5. The van der Waals surface area contributed by atoms with Crippen molar-refractivity contribution >= 4 is 5.91 Å². The van der Waals surface area contributed by atoms with Gasteiger partial charge in [-0.3, -0.25) is 4.79 Å². The molecule has 0 aromatic rings. The maximum absolute atomic E-state index is 11.6. The molecule has 0 saturated carbocycles. The molecule has 0 aliphatic heterocycles. The fourth-order valence-electron chi connectivity index (χ4n) is 1.52. The summed E-state index contributed by atoms with van der Waals surface area (Å²) >= 11 is 0. The van der Waals surface area contributed by atoms with E-state index >= 15 is 0 Å². The molecule has 1 unspecified atom stereocenters. The van der Waals surface area contributed by atoms with Crippen LogP contribution in [0.2, 0.25) is 0 Å². The Balaban J connectivity index is 3.63. The van der Waals surface area contributed by atoms with Gasteiger partial charge in [0.2, 0.25) is 5.91 Å². The van der Waals surface area contributed by atoms with Crippen LogP contribution in [0.3, 0.4) is 0 Å². The molecular formula is C13H28N2O. The van der Waals surface area contributed by atoms with Crippen LogP contribution in [0.4, 0.5) is 0 Å². The average Bonchev–Trinajstić information content (AvgIpc) is 2.20. The monoisotopic (exact) mass is 228 g/mol. The van der Waals surface area contributed by atoms with E-state index in [0.717, 1.165) is 19.5 Å². The quantitative estimate of drug-likeness (QED) is 0.657. The number of rotatable bonds is 7. The molecule has 3 heteroatoms. The molecule has 0 rings (SSSR count). The SMILES string of the molecule is CCCC(CC)NCCNC(=O)C(C)(C)C. The molecule has 1 amide bonds. The number of amides is 1. The van der Waals surface area contributed by atoms with Gasteiger partial charge in [-0.2, -0.15) is 0 Å². The van der Waals surface area contributed by atoms with Crippen molar-refractivity contribution in [3.63, 3.8) is 0 Å². The molecule has 96 valence electrons. The Hall–Kier alpha value is -0.570. The summed E-state index contributed by atoms with van der Waals surface area (Å²) in [5.41, 5.74) is -0.284. The highest BCUT2D eigenvalue weighted by Crippen LogP contribution is 2.11. The van der Waals surface area contributed by atoms with Gasteiger partial charge in [0.15, 0.2) is 0 Å². The molecule has 0 aromatic carbocycles. The minimum atomic E-state index is -0.284. The first-order valence-corrected chi connectivity index (χ1v) is 6.43. The van der Waals surface area contributed by atoms with Crippen LogP contribution in [0.5, 0.6) is 0 Å². The predicted molar refractivity (Wildman–Crippen MR) is 69.5 cm³/mol. The van der Waals surface area contributed by atoms with Gasteiger partial charge in [-0.15, -0.1) is 0 Å². The Morgan fingerprint density at radius 2 is 1.81 bits per heavy atom. The minimum Gasteiger partial charge on any atom is -0.354 e. The van der Waals surface area contributed by atoms with Crippen molar-refractivity contribution in [3.05, 3.63) is 0 Å². The lowest BCUT2D eigenvalue weighted by Gasteiger charge is -2.19. The van der Waals surface area contributed by atoms with Gasteiger partial charge in [-0.05, 0) is 12.8 Å². The lowest BCUT2D eigenvalue weighted by Crippen LogP contribution is -2.40. The molecule has 0 radical (unpaired) electrons. The van der Waals surface area contributed by atoms with Crippen molar-refractivity contribution in [3.8, 4) is 0 Å². The molecule has 0 saturated heterocycles. The zero-order chi connectivity index (χ0) is 12.6. The maximum Gasteiger partial charge on any atom is 0.225 e. The van der Waals surface area contributed by atoms with E-state index in [2.05, 4.69) is 24.5 Å². The fraction of sp³-hybridized carbons (Fsp3) is 0.923. The summed E-state index contributed by atoms with van der Waals surface area (Å²) in [6, 6.07) is 0.594. The Bertz CT molecular complexity index is 197. The van der Waals surface area contributed by atoms with Crippen molar-refractivity contribution in [2.24, 2.45) is 5.41 Å². The summed E-state index contributed by atoms with van der Waals surface area (Å²) in [7, 11) is 0. The zero-order valence-electron chi connectivity index (χ0n) is 11.5. The van der Waals surface area contributed by atoms with Crippen molar-refractivity contribution in [1.29, 1.82) is 0 Å². The van der Waals surface area contributed by atoms with Crippen molar-refractivity contribution in [2.45, 2.75) is 59.9 Å². The molecule has 0 heterocycles. The van der Waals surface area contributed by atoms with Crippen LogP contribution in [0, 0.1) is 5.41 Å². The molecule has 1 atom stereocenters. The molecule has 2 N–H and O–H groups in total. The van der Waals surface area contributed by atoms with E-state index in [-0.39, 0.29) is 11.3 Å². The van der Waals surface area contributed by atoms with E-state index < -0.39 is 0 Å². The third-order valence-corrected chi connectivity index (χ3v) is 2.65. The van der Waals surface area contributed by atoms with Gasteiger partial charge >= 0.3 is 0 Å². The van der Waals surface area contributed by atoms with Gasteiger partial charge in [-0.25, -0.2) is 0 Å². The molecule has 0 aliphatic carbocycles. The van der Waals surface area contributed by atoms with Gasteiger partial charge in [0.05, 0.1) is 0 Å². The molecule has 0 fully saturated rings. The second-order valence-corrected chi connectivity index (χ2v) is 5.35. The van der Waals surface area contributed by atoms with Crippen LogP contribution in [-0.4, -0.2) is 25.0 Å². The van der Waals surface area contributed by atoms with E-state index in [4.69, 9.17) is 0 Å². The predicted octanol–water partition coefficient (Wildman–Crippen LogP) is 2.32. The number of carbonyl (C=O) groups is 1. The van der Waals surface area contributed by atoms with Crippen molar-refractivity contribution < 1.29 is 4.79 Å². The summed E-state index contributed by atoms with van der Waals surface area (Å²) in [6.45, 7) is 11.8. The highest BCUT2D eigenvalue weighted by Gasteiger charge is 2.20. The van der Waals surface area contributed by atoms with E-state index in [1.54, 1.807) is 0 Å². The van der Waals surface area contributed by atoms with Gasteiger partial charge in [-0.1, -0.05) is 41.0 Å². The lowest BCUT2D eigenvalue weighted by atomic mass is 9.96. The van der Waals surface area contributed by atoms with Crippen LogP contribution in [0.1, 0.15) is 53.9 Å². The van der Waals surface area contributed by atoms with E-state index in [1.807, 2.05) is 20.8 Å². The largest absolute Gasteiger partial charge is 0.354 e. The average molecular weight is 228 g/mol. The third kappa shape index (κ3) is 6.83. The molecule has 0 bridgehead atoms. The topological polar surface area (TPSA) is 41.1 Å². The van der Waals surface area contributed by atoms with Crippen molar-refractivity contribution in [1.82, 2.24) is 10.6 Å². The van der Waals surface area contributed by atoms with E-state index in [1.165, 1.54) is 12.8 Å². The molecule has 3 nitrogen and oxygen atoms in total. The third-order valence-electron chi connectivity index (χ3n) is 2.65. The molecular weight excluding hydrogens is 200 g/mol. The Morgan fingerprint density at radius 3 is 2.25 bits per heavy atom. The van der Waals surface area contributed by atoms with Gasteiger partial charge in [0.25, 0.3) is 0 Å². The van der Waals surface area contributed by atoms with Gasteiger partial charge in [0, 0.05) is 24.5 Å². The standard InChI is InChI=1S/C13H28N2O/c1-6-8-11(7-2)14-9-10-15-12(16)13(3,4)5/h11,14H,6-10H2,1-5H3,(H,15,16). The Labute approximate surface area is 100 Å². The van der Waals surface area contributed by atoms with Crippen LogP contribution in [-0.2, 0) is 4.79 Å². The second kappa shape index (κ2) is 7.66. The van der Waals surface area contributed by atoms with Crippen LogP contribution in [0.15, 0.2) is 0 Å². The minimum absolute atomic E-state index is 0.123. The molecule has 16 heavy (non-hydrogen) atoms. The Kier molecular flexibility index (Phi) is 7.39. The van der Waals surface area contributed by atoms with Crippen molar-refractivity contribution in [2.75, 3.05) is 13.1 Å². The highest BCUT2D eigenvalue weighted by molar-refractivity contribution is 5.81. The van der Waals surface area contributed by atoms with Crippen LogP contribution >= 0.6 is 0 Å². The first-order valence-electron chi connectivity index (χ1n) is 6.43. The highest BCUT2D eigenvalue weighted by atomic mass is 16.2. The molecule has 0 aliphatic rings. The summed E-state index contributed by atoms with van der Waals surface area (Å²) in [6.07, 6.45) is 3.57. The lowest BCUT2D eigenvalue weighted by molar-refractivity contribution is -0.128. The maximum atomic E-state index is 11.6. The van der Waals surface area contributed by atoms with E-state index in [9.17, 15) is 4.79 Å². The summed E-state index contributed by atoms with van der Waals surface area (Å²) in [5.74, 6) is 0.123. The first kappa shape index (κ1) is 15.4. The smallest absolute Gasteiger partial charge is 0.225 e. The number of nitrogens with one attached hydrogen (secondary N) is 2. The van der Waals surface area contributed by atoms with Gasteiger partial charge < -0.3 is 10.6 Å². The summed E-state index contributed by atoms with van der Waals surface area (Å²) in [4.78, 5) is 11.6. The molecule has 0 spiro atoms.